The summed E-state index contributed by atoms with van der Waals surface area (Å²) in [7, 11) is 0. The topological polar surface area (TPSA) is 105 Å². The molecular formula is C14H19N3O3. The number of hydrogen-bond acceptors (Lipinski definition) is 6. The summed E-state index contributed by atoms with van der Waals surface area (Å²) in [5.41, 5.74) is 6.11. The zero-order valence-corrected chi connectivity index (χ0v) is 11.6. The van der Waals surface area contributed by atoms with Crippen LogP contribution >= 0.6 is 0 Å². The van der Waals surface area contributed by atoms with Crippen LogP contribution in [0.1, 0.15) is 32.6 Å². The molecule has 0 atom stereocenters. The fraction of sp³-hybridized carbons (Fsp3) is 0.429. The van der Waals surface area contributed by atoms with Gasteiger partial charge in [0.25, 0.3) is 0 Å². The first-order chi connectivity index (χ1) is 9.56. The fourth-order valence-corrected chi connectivity index (χ4v) is 2.15. The number of benzene rings is 1. The lowest BCUT2D eigenvalue weighted by atomic mass is 9.82. The molecule has 0 saturated carbocycles. The van der Waals surface area contributed by atoms with Crippen LogP contribution < -0.4 is 5.73 Å². The molecule has 20 heavy (non-hydrogen) atoms. The third kappa shape index (κ3) is 2.34. The SMILES string of the molecule is CCC(CC)(CN)c1nc(-c2ccc(O)c(O)c2)no1. The fourth-order valence-electron chi connectivity index (χ4n) is 2.15. The van der Waals surface area contributed by atoms with Crippen molar-refractivity contribution in [1.29, 1.82) is 0 Å². The summed E-state index contributed by atoms with van der Waals surface area (Å²) in [5.74, 6) is 0.475. The van der Waals surface area contributed by atoms with Crippen LogP contribution in [0.15, 0.2) is 22.7 Å². The van der Waals surface area contributed by atoms with Crippen molar-refractivity contribution >= 4 is 0 Å². The summed E-state index contributed by atoms with van der Waals surface area (Å²) in [6.45, 7) is 4.50. The van der Waals surface area contributed by atoms with E-state index >= 15 is 0 Å². The van der Waals surface area contributed by atoms with Gasteiger partial charge in [-0.15, -0.1) is 0 Å². The number of aromatic hydroxyl groups is 2. The molecule has 0 bridgehead atoms. The molecule has 0 radical (unpaired) electrons. The van der Waals surface area contributed by atoms with Crippen LogP contribution in [0.3, 0.4) is 0 Å². The van der Waals surface area contributed by atoms with Gasteiger partial charge in [0.05, 0.1) is 5.41 Å². The Hall–Kier alpha value is -2.08. The third-order valence-electron chi connectivity index (χ3n) is 3.86. The van der Waals surface area contributed by atoms with E-state index in [2.05, 4.69) is 10.1 Å². The van der Waals surface area contributed by atoms with Crippen LogP contribution in [-0.2, 0) is 5.41 Å². The molecule has 0 saturated heterocycles. The Morgan fingerprint density at radius 2 is 1.90 bits per heavy atom. The molecule has 0 amide bonds. The first-order valence-corrected chi connectivity index (χ1v) is 6.63. The number of aromatic nitrogens is 2. The van der Waals surface area contributed by atoms with Gasteiger partial charge in [-0.25, -0.2) is 0 Å². The minimum Gasteiger partial charge on any atom is -0.504 e. The minimum atomic E-state index is -0.315. The van der Waals surface area contributed by atoms with Gasteiger partial charge in [0.2, 0.25) is 11.7 Å². The maximum Gasteiger partial charge on any atom is 0.234 e. The number of nitrogens with two attached hydrogens (primary N) is 1. The van der Waals surface area contributed by atoms with Gasteiger partial charge >= 0.3 is 0 Å². The van der Waals surface area contributed by atoms with E-state index in [4.69, 9.17) is 10.3 Å². The molecule has 1 heterocycles. The van der Waals surface area contributed by atoms with Crippen LogP contribution in [-0.4, -0.2) is 26.9 Å². The van der Waals surface area contributed by atoms with Crippen molar-refractivity contribution < 1.29 is 14.7 Å². The maximum absolute atomic E-state index is 9.51. The van der Waals surface area contributed by atoms with Crippen molar-refractivity contribution in [3.63, 3.8) is 0 Å². The van der Waals surface area contributed by atoms with Crippen LogP contribution in [0.25, 0.3) is 11.4 Å². The predicted octanol–water partition coefficient (Wildman–Crippen LogP) is 2.16. The molecular weight excluding hydrogens is 258 g/mol. The van der Waals surface area contributed by atoms with Crippen molar-refractivity contribution in [1.82, 2.24) is 10.1 Å². The smallest absolute Gasteiger partial charge is 0.234 e. The van der Waals surface area contributed by atoms with E-state index in [0.29, 0.717) is 23.8 Å². The Balaban J connectivity index is 2.39. The van der Waals surface area contributed by atoms with Crippen LogP contribution in [0.4, 0.5) is 0 Å². The lowest BCUT2D eigenvalue weighted by Gasteiger charge is -2.24. The molecule has 0 fully saturated rings. The van der Waals surface area contributed by atoms with E-state index < -0.39 is 0 Å². The molecule has 6 nitrogen and oxygen atoms in total. The molecule has 0 unspecified atom stereocenters. The van der Waals surface area contributed by atoms with E-state index in [1.165, 1.54) is 12.1 Å². The van der Waals surface area contributed by atoms with Crippen LogP contribution in [0, 0.1) is 0 Å². The highest BCUT2D eigenvalue weighted by molar-refractivity contribution is 5.60. The van der Waals surface area contributed by atoms with Crippen LogP contribution in [0.2, 0.25) is 0 Å². The first-order valence-electron chi connectivity index (χ1n) is 6.63. The molecule has 4 N–H and O–H groups in total. The third-order valence-corrected chi connectivity index (χ3v) is 3.86. The zero-order chi connectivity index (χ0) is 14.8. The summed E-state index contributed by atoms with van der Waals surface area (Å²) < 4.78 is 5.34. The van der Waals surface area contributed by atoms with Gasteiger partial charge in [-0.1, -0.05) is 19.0 Å². The average molecular weight is 277 g/mol. The highest BCUT2D eigenvalue weighted by atomic mass is 16.5. The van der Waals surface area contributed by atoms with Crippen molar-refractivity contribution in [3.8, 4) is 22.9 Å². The van der Waals surface area contributed by atoms with E-state index in [-0.39, 0.29) is 16.9 Å². The Morgan fingerprint density at radius 3 is 2.45 bits per heavy atom. The lowest BCUT2D eigenvalue weighted by Crippen LogP contribution is -2.34. The molecule has 0 aliphatic rings. The van der Waals surface area contributed by atoms with Gasteiger partial charge in [0.15, 0.2) is 11.5 Å². The maximum atomic E-state index is 9.51. The summed E-state index contributed by atoms with van der Waals surface area (Å²) >= 11 is 0. The monoisotopic (exact) mass is 277 g/mol. The number of nitrogens with zero attached hydrogens (tertiary/aromatic N) is 2. The van der Waals surface area contributed by atoms with Gasteiger partial charge in [0.1, 0.15) is 0 Å². The Kier molecular flexibility index (Phi) is 3.94. The number of phenols is 2. The van der Waals surface area contributed by atoms with Crippen LogP contribution in [0.5, 0.6) is 11.5 Å². The second-order valence-corrected chi connectivity index (χ2v) is 4.82. The second-order valence-electron chi connectivity index (χ2n) is 4.82. The summed E-state index contributed by atoms with van der Waals surface area (Å²) in [4.78, 5) is 4.39. The number of hydrogen-bond donors (Lipinski definition) is 3. The largest absolute Gasteiger partial charge is 0.504 e. The molecule has 1 aromatic carbocycles. The molecule has 0 spiro atoms. The molecule has 0 aliphatic carbocycles. The van der Waals surface area contributed by atoms with Gasteiger partial charge in [-0.2, -0.15) is 4.98 Å². The number of rotatable bonds is 5. The van der Waals surface area contributed by atoms with Crippen molar-refractivity contribution in [3.05, 3.63) is 24.1 Å². The quantitative estimate of drug-likeness (QED) is 0.723. The molecule has 6 heteroatoms. The van der Waals surface area contributed by atoms with E-state index in [0.717, 1.165) is 12.8 Å². The van der Waals surface area contributed by atoms with Crippen molar-refractivity contribution in [2.45, 2.75) is 32.1 Å². The molecule has 0 aliphatic heterocycles. The molecule has 108 valence electrons. The zero-order valence-electron chi connectivity index (χ0n) is 11.6. The lowest BCUT2D eigenvalue weighted by molar-refractivity contribution is 0.267. The van der Waals surface area contributed by atoms with Gasteiger partial charge in [-0.05, 0) is 31.0 Å². The molecule has 2 rings (SSSR count). The van der Waals surface area contributed by atoms with Crippen molar-refractivity contribution in [2.24, 2.45) is 5.73 Å². The summed E-state index contributed by atoms with van der Waals surface area (Å²) in [6.07, 6.45) is 1.62. The van der Waals surface area contributed by atoms with E-state index in [9.17, 15) is 10.2 Å². The van der Waals surface area contributed by atoms with E-state index in [1.54, 1.807) is 6.07 Å². The minimum absolute atomic E-state index is 0.184. The highest BCUT2D eigenvalue weighted by Gasteiger charge is 2.33. The highest BCUT2D eigenvalue weighted by Crippen LogP contribution is 2.33. The molecule has 2 aromatic rings. The number of phenolic OH excluding ortho intramolecular Hbond substituents is 2. The summed E-state index contributed by atoms with van der Waals surface area (Å²) in [6, 6.07) is 4.40. The van der Waals surface area contributed by atoms with Gasteiger partial charge < -0.3 is 20.5 Å². The van der Waals surface area contributed by atoms with Crippen molar-refractivity contribution in [2.75, 3.05) is 6.54 Å². The Bertz CT molecular complexity index is 583. The van der Waals surface area contributed by atoms with Gasteiger partial charge in [0, 0.05) is 12.1 Å². The first kappa shape index (κ1) is 14.3. The standard InChI is InChI=1S/C14H19N3O3/c1-3-14(4-2,8-15)13-16-12(17-20-13)9-5-6-10(18)11(19)7-9/h5-7,18-19H,3-4,8,15H2,1-2H3. The average Bonchev–Trinajstić information content (AvgIpc) is 2.95. The summed E-state index contributed by atoms with van der Waals surface area (Å²) in [5, 5.41) is 22.8. The predicted molar refractivity (Wildman–Crippen MR) is 74.4 cm³/mol. The molecule has 1 aromatic heterocycles. The second kappa shape index (κ2) is 5.50. The van der Waals surface area contributed by atoms with E-state index in [1.807, 2.05) is 13.8 Å². The van der Waals surface area contributed by atoms with Gasteiger partial charge in [-0.3, -0.25) is 0 Å². The Labute approximate surface area is 117 Å². The normalized spacial score (nSPS) is 11.8. The Morgan fingerprint density at radius 1 is 1.20 bits per heavy atom.